The summed E-state index contributed by atoms with van der Waals surface area (Å²) < 4.78 is 5.26. The Kier molecular flexibility index (Phi) is 7.36. The fourth-order valence-electron chi connectivity index (χ4n) is 3.14. The molecule has 0 fully saturated rings. The molecule has 6 N–H and O–H groups in total. The summed E-state index contributed by atoms with van der Waals surface area (Å²) in [6.45, 7) is 0.410. The molecule has 0 aliphatic carbocycles. The summed E-state index contributed by atoms with van der Waals surface area (Å²) in [6.07, 6.45) is 1.12. The number of nitrogen functional groups attached to an aromatic ring is 2. The third kappa shape index (κ3) is 5.82. The first-order valence-electron chi connectivity index (χ1n) is 10.1. The van der Waals surface area contributed by atoms with Crippen LogP contribution in [0.2, 0.25) is 0 Å². The highest BCUT2D eigenvalue weighted by atomic mass is 16.5. The number of rotatable bonds is 9. The SMILES string of the molecule is COC(=NC(CCC(=O)O)C(=O)O)c1ccc(N(C)Cc2cnc3nc(N)nc(N)c3n2)cc1. The summed E-state index contributed by atoms with van der Waals surface area (Å²) in [5, 5.41) is 18.2. The topological polar surface area (TPSA) is 203 Å². The first-order chi connectivity index (χ1) is 16.2. The fraction of sp³-hybridized carbons (Fsp3) is 0.286. The Hall–Kier alpha value is -4.55. The number of aromatic nitrogens is 4. The monoisotopic (exact) mass is 468 g/mol. The smallest absolute Gasteiger partial charge is 0.328 e. The molecule has 2 heterocycles. The van der Waals surface area contributed by atoms with E-state index in [0.717, 1.165) is 5.69 Å². The van der Waals surface area contributed by atoms with Gasteiger partial charge in [-0.1, -0.05) is 0 Å². The highest BCUT2D eigenvalue weighted by Crippen LogP contribution is 2.19. The van der Waals surface area contributed by atoms with Crippen molar-refractivity contribution in [2.45, 2.75) is 25.4 Å². The third-order valence-electron chi connectivity index (χ3n) is 4.84. The number of ether oxygens (including phenoxy) is 1. The van der Waals surface area contributed by atoms with Crippen molar-refractivity contribution in [1.82, 2.24) is 19.9 Å². The minimum absolute atomic E-state index is 0.0276. The van der Waals surface area contributed by atoms with Gasteiger partial charge >= 0.3 is 11.9 Å². The highest BCUT2D eigenvalue weighted by molar-refractivity contribution is 5.96. The Morgan fingerprint density at radius 1 is 1.15 bits per heavy atom. The van der Waals surface area contributed by atoms with Crippen molar-refractivity contribution in [1.29, 1.82) is 0 Å². The minimum atomic E-state index is -1.23. The molecule has 178 valence electrons. The van der Waals surface area contributed by atoms with Gasteiger partial charge in [0.1, 0.15) is 0 Å². The van der Waals surface area contributed by atoms with E-state index in [2.05, 4.69) is 24.9 Å². The van der Waals surface area contributed by atoms with Crippen molar-refractivity contribution in [3.8, 4) is 0 Å². The summed E-state index contributed by atoms with van der Waals surface area (Å²) >= 11 is 0. The van der Waals surface area contributed by atoms with E-state index in [1.54, 1.807) is 18.3 Å². The van der Waals surface area contributed by atoms with Gasteiger partial charge in [0.25, 0.3) is 0 Å². The second-order valence-corrected chi connectivity index (χ2v) is 7.33. The van der Waals surface area contributed by atoms with Crippen LogP contribution in [0.3, 0.4) is 0 Å². The van der Waals surface area contributed by atoms with Gasteiger partial charge in [-0.25, -0.2) is 19.8 Å². The summed E-state index contributed by atoms with van der Waals surface area (Å²) in [5.74, 6) is -2.04. The molecule has 13 heteroatoms. The van der Waals surface area contributed by atoms with Gasteiger partial charge in [-0.3, -0.25) is 4.79 Å². The lowest BCUT2D eigenvalue weighted by Gasteiger charge is -2.19. The lowest BCUT2D eigenvalue weighted by atomic mass is 10.1. The average molecular weight is 468 g/mol. The van der Waals surface area contributed by atoms with Crippen LogP contribution >= 0.6 is 0 Å². The van der Waals surface area contributed by atoms with Crippen molar-refractivity contribution in [2.24, 2.45) is 4.99 Å². The number of aliphatic imine (C=N–C) groups is 1. The van der Waals surface area contributed by atoms with E-state index in [0.29, 0.717) is 29.0 Å². The Labute approximate surface area is 194 Å². The molecule has 34 heavy (non-hydrogen) atoms. The van der Waals surface area contributed by atoms with Crippen LogP contribution in [-0.2, 0) is 20.9 Å². The van der Waals surface area contributed by atoms with Crippen LogP contribution in [0.15, 0.2) is 35.5 Å². The Morgan fingerprint density at radius 2 is 1.85 bits per heavy atom. The van der Waals surface area contributed by atoms with Crippen LogP contribution < -0.4 is 16.4 Å². The van der Waals surface area contributed by atoms with Crippen molar-refractivity contribution in [3.05, 3.63) is 41.7 Å². The van der Waals surface area contributed by atoms with Gasteiger partial charge in [0.2, 0.25) is 11.8 Å². The van der Waals surface area contributed by atoms with Crippen molar-refractivity contribution < 1.29 is 24.5 Å². The van der Waals surface area contributed by atoms with Gasteiger partial charge in [-0.05, 0) is 30.7 Å². The molecule has 0 radical (unpaired) electrons. The number of fused-ring (bicyclic) bond motifs is 1. The summed E-state index contributed by atoms with van der Waals surface area (Å²) in [7, 11) is 3.23. The normalized spacial score (nSPS) is 12.4. The maximum Gasteiger partial charge on any atom is 0.328 e. The number of nitrogens with zero attached hydrogens (tertiary/aromatic N) is 6. The van der Waals surface area contributed by atoms with E-state index in [-0.39, 0.29) is 30.5 Å². The molecule has 1 unspecified atom stereocenters. The van der Waals surface area contributed by atoms with Crippen LogP contribution in [0.1, 0.15) is 24.1 Å². The molecule has 0 bridgehead atoms. The van der Waals surface area contributed by atoms with Crippen molar-refractivity contribution >= 4 is 46.5 Å². The summed E-state index contributed by atoms with van der Waals surface area (Å²) in [6, 6.07) is 5.84. The molecule has 2 aromatic heterocycles. The van der Waals surface area contributed by atoms with Gasteiger partial charge in [0.05, 0.1) is 25.5 Å². The molecule has 0 saturated heterocycles. The Balaban J connectivity index is 1.76. The highest BCUT2D eigenvalue weighted by Gasteiger charge is 2.20. The molecule has 1 aromatic carbocycles. The number of hydrogen-bond acceptors (Lipinski definition) is 11. The van der Waals surface area contributed by atoms with Gasteiger partial charge < -0.3 is 31.3 Å². The quantitative estimate of drug-likeness (QED) is 0.256. The zero-order valence-corrected chi connectivity index (χ0v) is 18.5. The molecule has 3 rings (SSSR count). The molecule has 3 aromatic rings. The minimum Gasteiger partial charge on any atom is -0.481 e. The summed E-state index contributed by atoms with van der Waals surface area (Å²) in [5.41, 5.74) is 14.2. The molecule has 13 nitrogen and oxygen atoms in total. The lowest BCUT2D eigenvalue weighted by molar-refractivity contribution is -0.139. The molecule has 0 aliphatic heterocycles. The van der Waals surface area contributed by atoms with Gasteiger partial charge in [0, 0.05) is 24.7 Å². The van der Waals surface area contributed by atoms with E-state index in [9.17, 15) is 14.7 Å². The van der Waals surface area contributed by atoms with Crippen LogP contribution in [0.25, 0.3) is 11.2 Å². The third-order valence-corrected chi connectivity index (χ3v) is 4.84. The number of hydrogen-bond donors (Lipinski definition) is 4. The first-order valence-corrected chi connectivity index (χ1v) is 10.1. The van der Waals surface area contributed by atoms with E-state index in [1.807, 2.05) is 24.1 Å². The Bertz CT molecular complexity index is 1230. The van der Waals surface area contributed by atoms with Gasteiger partial charge in [-0.15, -0.1) is 0 Å². The molecular weight excluding hydrogens is 444 g/mol. The number of nitrogens with two attached hydrogens (primary N) is 2. The van der Waals surface area contributed by atoms with Crippen LogP contribution in [0.5, 0.6) is 0 Å². The first kappa shape index (κ1) is 24.1. The van der Waals surface area contributed by atoms with Crippen LogP contribution in [0, 0.1) is 0 Å². The number of carboxylic acids is 2. The van der Waals surface area contributed by atoms with E-state index < -0.39 is 18.0 Å². The average Bonchev–Trinajstić information content (AvgIpc) is 2.79. The van der Waals surface area contributed by atoms with E-state index >= 15 is 0 Å². The zero-order chi connectivity index (χ0) is 24.8. The maximum absolute atomic E-state index is 11.4. The predicted molar refractivity (Wildman–Crippen MR) is 124 cm³/mol. The molecule has 0 amide bonds. The van der Waals surface area contributed by atoms with Crippen molar-refractivity contribution in [2.75, 3.05) is 30.5 Å². The largest absolute Gasteiger partial charge is 0.481 e. The number of aliphatic carboxylic acids is 2. The second-order valence-electron chi connectivity index (χ2n) is 7.33. The predicted octanol–water partition coefficient (Wildman–Crippen LogP) is 0.932. The number of benzene rings is 1. The van der Waals surface area contributed by atoms with E-state index in [4.69, 9.17) is 21.3 Å². The molecule has 0 aliphatic rings. The van der Waals surface area contributed by atoms with E-state index in [1.165, 1.54) is 7.11 Å². The maximum atomic E-state index is 11.4. The fourth-order valence-corrected chi connectivity index (χ4v) is 3.14. The molecule has 0 spiro atoms. The standard InChI is InChI=1S/C21H24N8O5/c1-29(10-12-9-24-18-16(25-12)17(22)27-21(23)28-18)13-5-3-11(4-6-13)19(34-2)26-14(20(32)33)7-8-15(30)31/h3-6,9,14H,7-8,10H2,1-2H3,(H,30,31)(H,32,33)(H4,22,23,24,27,28). The number of methoxy groups -OCH3 is 1. The lowest BCUT2D eigenvalue weighted by Crippen LogP contribution is -2.22. The number of anilines is 3. The molecule has 1 atom stereocenters. The van der Waals surface area contributed by atoms with Gasteiger partial charge in [-0.2, -0.15) is 9.97 Å². The Morgan fingerprint density at radius 3 is 2.47 bits per heavy atom. The van der Waals surface area contributed by atoms with Crippen molar-refractivity contribution in [3.63, 3.8) is 0 Å². The number of carbonyl (C=O) groups is 2. The van der Waals surface area contributed by atoms with Crippen LogP contribution in [0.4, 0.5) is 17.5 Å². The second kappa shape index (κ2) is 10.4. The number of carboxylic acid groups (broad SMARTS) is 2. The molecule has 0 saturated carbocycles. The zero-order valence-electron chi connectivity index (χ0n) is 18.5. The van der Waals surface area contributed by atoms with Crippen LogP contribution in [-0.4, -0.2) is 68.2 Å². The van der Waals surface area contributed by atoms with Gasteiger partial charge in [0.15, 0.2) is 23.0 Å². The molecular formula is C21H24N8O5. The summed E-state index contributed by atoms with van der Waals surface area (Å²) in [4.78, 5) is 44.9.